The molecule has 2 aromatic rings. The van der Waals surface area contributed by atoms with Crippen molar-refractivity contribution < 1.29 is 29.0 Å². The summed E-state index contributed by atoms with van der Waals surface area (Å²) in [5.74, 6) is -1.57. The molecule has 2 aliphatic rings. The van der Waals surface area contributed by atoms with Gasteiger partial charge in [-0.2, -0.15) is 0 Å². The second-order valence-electron chi connectivity index (χ2n) is 8.48. The van der Waals surface area contributed by atoms with Crippen LogP contribution in [0.25, 0.3) is 11.1 Å². The molecule has 0 aromatic heterocycles. The average Bonchev–Trinajstić information content (AvgIpc) is 3.44. The molecule has 2 amide bonds. The van der Waals surface area contributed by atoms with E-state index in [0.29, 0.717) is 13.0 Å². The van der Waals surface area contributed by atoms with Gasteiger partial charge in [0.1, 0.15) is 12.7 Å². The van der Waals surface area contributed by atoms with Gasteiger partial charge in [-0.15, -0.1) is 0 Å². The summed E-state index contributed by atoms with van der Waals surface area (Å²) in [6.07, 6.45) is 0.825. The zero-order valence-electron chi connectivity index (χ0n) is 19.0. The maximum Gasteiger partial charge on any atom is 0.407 e. The molecular weight excluding hydrogens is 436 g/mol. The molecule has 0 saturated carbocycles. The Morgan fingerprint density at radius 1 is 1.06 bits per heavy atom. The highest BCUT2D eigenvalue weighted by molar-refractivity contribution is 5.86. The Labute approximate surface area is 198 Å². The van der Waals surface area contributed by atoms with Crippen LogP contribution in [-0.4, -0.2) is 55.5 Å². The summed E-state index contributed by atoms with van der Waals surface area (Å²) in [5.41, 5.74) is 4.77. The van der Waals surface area contributed by atoms with Crippen molar-refractivity contribution in [3.63, 3.8) is 0 Å². The number of hydrogen-bond donors (Lipinski definition) is 3. The first kappa shape index (κ1) is 23.5. The molecule has 0 spiro atoms. The fraction of sp³-hybridized carbons (Fsp3) is 0.346. The van der Waals surface area contributed by atoms with Crippen LogP contribution in [-0.2, 0) is 19.1 Å². The van der Waals surface area contributed by atoms with Gasteiger partial charge in [0, 0.05) is 37.1 Å². The van der Waals surface area contributed by atoms with Gasteiger partial charge in [0.15, 0.2) is 0 Å². The first-order valence-electron chi connectivity index (χ1n) is 11.3. The normalized spacial score (nSPS) is 19.3. The van der Waals surface area contributed by atoms with E-state index in [1.54, 1.807) is 0 Å². The average molecular weight is 465 g/mol. The number of fused-ring (bicyclic) bond motifs is 3. The fourth-order valence-electron chi connectivity index (χ4n) is 4.49. The molecule has 4 rings (SSSR count). The van der Waals surface area contributed by atoms with Crippen molar-refractivity contribution in [3.05, 3.63) is 71.3 Å². The van der Waals surface area contributed by atoms with E-state index < -0.39 is 18.2 Å². The SMILES string of the molecule is C/C(=C\CNC(=O)[C@@H]1OCC[C@@H]1CNC(=O)OCC1c2ccccc2-c2ccccc21)C(=O)O. The van der Waals surface area contributed by atoms with E-state index >= 15 is 0 Å². The minimum atomic E-state index is -1.03. The number of hydrogen-bond acceptors (Lipinski definition) is 5. The largest absolute Gasteiger partial charge is 0.478 e. The molecule has 34 heavy (non-hydrogen) atoms. The summed E-state index contributed by atoms with van der Waals surface area (Å²) in [7, 11) is 0. The zero-order chi connectivity index (χ0) is 24.1. The summed E-state index contributed by atoms with van der Waals surface area (Å²) >= 11 is 0. The van der Waals surface area contributed by atoms with Gasteiger partial charge >= 0.3 is 12.1 Å². The lowest BCUT2D eigenvalue weighted by Crippen LogP contribution is -2.42. The first-order valence-corrected chi connectivity index (χ1v) is 11.3. The third kappa shape index (κ3) is 5.12. The van der Waals surface area contributed by atoms with Gasteiger partial charge in [-0.1, -0.05) is 54.6 Å². The summed E-state index contributed by atoms with van der Waals surface area (Å²) in [5, 5.41) is 14.3. The number of alkyl carbamates (subject to hydrolysis) is 1. The second-order valence-corrected chi connectivity index (χ2v) is 8.48. The molecule has 0 radical (unpaired) electrons. The van der Waals surface area contributed by atoms with Crippen LogP contribution in [0.1, 0.15) is 30.4 Å². The fourth-order valence-corrected chi connectivity index (χ4v) is 4.49. The molecule has 1 saturated heterocycles. The van der Waals surface area contributed by atoms with Gasteiger partial charge < -0.3 is 25.2 Å². The predicted molar refractivity (Wildman–Crippen MR) is 125 cm³/mol. The van der Waals surface area contributed by atoms with Gasteiger partial charge in [0.2, 0.25) is 5.91 Å². The minimum absolute atomic E-state index is 0.0196. The van der Waals surface area contributed by atoms with Crippen molar-refractivity contribution in [1.82, 2.24) is 10.6 Å². The van der Waals surface area contributed by atoms with E-state index in [0.717, 1.165) is 22.3 Å². The lowest BCUT2D eigenvalue weighted by atomic mass is 9.98. The molecule has 2 atom stereocenters. The topological polar surface area (TPSA) is 114 Å². The molecule has 1 fully saturated rings. The van der Waals surface area contributed by atoms with Crippen molar-refractivity contribution in [2.75, 3.05) is 26.3 Å². The molecule has 178 valence electrons. The standard InChI is InChI=1S/C26H28N2O6/c1-16(25(30)31)10-12-27-24(29)23-17(11-13-33-23)14-28-26(32)34-15-22-20-8-4-2-6-18(20)19-7-3-5-9-21(19)22/h2-10,17,22-23H,11-15H2,1H3,(H,27,29)(H,28,32)(H,30,31)/b16-10+/t17-,23-/m1/s1. The smallest absolute Gasteiger partial charge is 0.407 e. The van der Waals surface area contributed by atoms with Crippen LogP contribution in [0.5, 0.6) is 0 Å². The van der Waals surface area contributed by atoms with Crippen molar-refractivity contribution in [2.24, 2.45) is 5.92 Å². The summed E-state index contributed by atoms with van der Waals surface area (Å²) in [4.78, 5) is 35.7. The van der Waals surface area contributed by atoms with E-state index in [4.69, 9.17) is 14.6 Å². The Morgan fingerprint density at radius 2 is 1.71 bits per heavy atom. The first-order chi connectivity index (χ1) is 16.5. The van der Waals surface area contributed by atoms with Gasteiger partial charge in [-0.25, -0.2) is 9.59 Å². The maximum atomic E-state index is 12.4. The number of amides is 2. The third-order valence-corrected chi connectivity index (χ3v) is 6.35. The van der Waals surface area contributed by atoms with Gasteiger partial charge in [0.05, 0.1) is 0 Å². The number of aliphatic carboxylic acids is 1. The summed E-state index contributed by atoms with van der Waals surface area (Å²) < 4.78 is 11.1. The number of carbonyl (C=O) groups excluding carboxylic acids is 2. The summed E-state index contributed by atoms with van der Waals surface area (Å²) in [6.45, 7) is 2.45. The highest BCUT2D eigenvalue weighted by atomic mass is 16.5. The van der Waals surface area contributed by atoms with E-state index in [1.807, 2.05) is 24.3 Å². The van der Waals surface area contributed by atoms with Crippen molar-refractivity contribution in [2.45, 2.75) is 25.4 Å². The minimum Gasteiger partial charge on any atom is -0.478 e. The number of nitrogens with one attached hydrogen (secondary N) is 2. The van der Waals surface area contributed by atoms with Gasteiger partial charge in [-0.3, -0.25) is 4.79 Å². The molecule has 0 bridgehead atoms. The predicted octanol–water partition coefficient (Wildman–Crippen LogP) is 3.08. The maximum absolute atomic E-state index is 12.4. The van der Waals surface area contributed by atoms with Gasteiger partial charge in [0.25, 0.3) is 0 Å². The molecule has 3 N–H and O–H groups in total. The molecular formula is C26H28N2O6. The second kappa shape index (κ2) is 10.5. The quantitative estimate of drug-likeness (QED) is 0.518. The molecule has 1 aliphatic heterocycles. The van der Waals surface area contributed by atoms with E-state index in [-0.39, 0.29) is 43.0 Å². The molecule has 1 heterocycles. The Morgan fingerprint density at radius 3 is 2.35 bits per heavy atom. The van der Waals surface area contributed by atoms with E-state index in [2.05, 4.69) is 34.9 Å². The van der Waals surface area contributed by atoms with Crippen molar-refractivity contribution in [3.8, 4) is 11.1 Å². The Hall–Kier alpha value is -3.65. The third-order valence-electron chi connectivity index (χ3n) is 6.35. The lowest BCUT2D eigenvalue weighted by Gasteiger charge is -2.19. The van der Waals surface area contributed by atoms with Crippen molar-refractivity contribution >= 4 is 18.0 Å². The number of benzene rings is 2. The lowest BCUT2D eigenvalue weighted by molar-refractivity contribution is -0.133. The number of rotatable bonds is 8. The van der Waals surface area contributed by atoms with Crippen LogP contribution >= 0.6 is 0 Å². The highest BCUT2D eigenvalue weighted by Gasteiger charge is 2.34. The van der Waals surface area contributed by atoms with E-state index in [1.165, 1.54) is 13.0 Å². The number of ether oxygens (including phenoxy) is 2. The molecule has 8 heteroatoms. The monoisotopic (exact) mass is 464 g/mol. The Kier molecular flexibility index (Phi) is 7.27. The van der Waals surface area contributed by atoms with Gasteiger partial charge in [-0.05, 0) is 35.6 Å². The Balaban J connectivity index is 1.28. The highest BCUT2D eigenvalue weighted by Crippen LogP contribution is 2.44. The van der Waals surface area contributed by atoms with Crippen LogP contribution in [0.2, 0.25) is 0 Å². The number of carbonyl (C=O) groups is 3. The van der Waals surface area contributed by atoms with Crippen LogP contribution in [0.3, 0.4) is 0 Å². The van der Waals surface area contributed by atoms with Crippen LogP contribution in [0.4, 0.5) is 4.79 Å². The Bertz CT molecular complexity index is 1070. The molecule has 2 aromatic carbocycles. The van der Waals surface area contributed by atoms with Crippen molar-refractivity contribution in [1.29, 1.82) is 0 Å². The molecule has 8 nitrogen and oxygen atoms in total. The van der Waals surface area contributed by atoms with Crippen LogP contribution < -0.4 is 10.6 Å². The summed E-state index contributed by atoms with van der Waals surface area (Å²) in [6, 6.07) is 16.3. The number of carboxylic acid groups (broad SMARTS) is 1. The number of carboxylic acids is 1. The zero-order valence-corrected chi connectivity index (χ0v) is 19.0. The molecule has 1 aliphatic carbocycles. The van der Waals surface area contributed by atoms with E-state index in [9.17, 15) is 14.4 Å². The van der Waals surface area contributed by atoms with Crippen LogP contribution in [0, 0.1) is 5.92 Å². The van der Waals surface area contributed by atoms with Crippen LogP contribution in [0.15, 0.2) is 60.2 Å². The molecule has 0 unspecified atom stereocenters.